The summed E-state index contributed by atoms with van der Waals surface area (Å²) in [7, 11) is 1.85. The van der Waals surface area contributed by atoms with Crippen molar-refractivity contribution in [3.63, 3.8) is 0 Å². The van der Waals surface area contributed by atoms with E-state index in [1.54, 1.807) is 32.9 Å². The van der Waals surface area contributed by atoms with E-state index in [4.69, 9.17) is 0 Å². The Morgan fingerprint density at radius 3 is 2.30 bits per heavy atom. The van der Waals surface area contributed by atoms with Gasteiger partial charge in [0.2, 0.25) is 29.5 Å². The van der Waals surface area contributed by atoms with E-state index in [-0.39, 0.29) is 49.6 Å². The number of carbonyl (C=O) groups is 5. The van der Waals surface area contributed by atoms with Gasteiger partial charge >= 0.3 is 0 Å². The second kappa shape index (κ2) is 12.1. The van der Waals surface area contributed by atoms with E-state index in [1.807, 2.05) is 19.2 Å². The summed E-state index contributed by atoms with van der Waals surface area (Å²) >= 11 is 0. The fraction of sp³-hybridized carbons (Fsp3) is 0.522. The Bertz CT molecular complexity index is 884. The van der Waals surface area contributed by atoms with Crippen molar-refractivity contribution in [3.05, 3.63) is 29.8 Å². The Hall–Kier alpha value is -3.27. The minimum absolute atomic E-state index is 0.0181. The van der Waals surface area contributed by atoms with Gasteiger partial charge in [0.1, 0.15) is 6.04 Å². The molecule has 10 heteroatoms. The fourth-order valence-electron chi connectivity index (χ4n) is 3.47. The van der Waals surface area contributed by atoms with Crippen molar-refractivity contribution in [1.82, 2.24) is 20.9 Å². The Morgan fingerprint density at radius 1 is 1.09 bits per heavy atom. The van der Waals surface area contributed by atoms with Gasteiger partial charge in [-0.25, -0.2) is 0 Å². The van der Waals surface area contributed by atoms with Crippen molar-refractivity contribution < 1.29 is 24.0 Å². The molecule has 2 unspecified atom stereocenters. The van der Waals surface area contributed by atoms with Crippen molar-refractivity contribution in [2.24, 2.45) is 11.8 Å². The van der Waals surface area contributed by atoms with Crippen LogP contribution < -0.4 is 21.3 Å². The molecule has 1 fully saturated rings. The lowest BCUT2D eigenvalue weighted by Crippen LogP contribution is -2.51. The minimum Gasteiger partial charge on any atom is -0.345 e. The van der Waals surface area contributed by atoms with E-state index >= 15 is 0 Å². The molecule has 0 saturated carbocycles. The van der Waals surface area contributed by atoms with Gasteiger partial charge in [0.05, 0.1) is 6.54 Å². The summed E-state index contributed by atoms with van der Waals surface area (Å²) < 4.78 is 0. The number of likely N-dealkylation sites (tertiary alicyclic amines) is 1. The standard InChI is InChI=1S/C23H33N5O5/c1-14(2)21(27-18(29)9-10-28-20(31)11-15(3)23(28)33)22(32)25-13-19(30)26-17-7-5-16(6-8-17)12-24-4/h5-8,14-15,21,24H,9-13H2,1-4H3,(H,25,32)(H,26,30)(H,27,29). The predicted octanol–water partition coefficient (Wildman–Crippen LogP) is 0.387. The van der Waals surface area contributed by atoms with Crippen LogP contribution in [0.4, 0.5) is 5.69 Å². The highest BCUT2D eigenvalue weighted by Gasteiger charge is 2.35. The van der Waals surface area contributed by atoms with Gasteiger partial charge in [0.15, 0.2) is 0 Å². The summed E-state index contributed by atoms with van der Waals surface area (Å²) in [5, 5.41) is 10.9. The number of carbonyl (C=O) groups excluding carboxylic acids is 5. The van der Waals surface area contributed by atoms with Gasteiger partial charge in [-0.3, -0.25) is 28.9 Å². The van der Waals surface area contributed by atoms with Gasteiger partial charge < -0.3 is 21.3 Å². The number of amides is 5. The number of nitrogens with zero attached hydrogens (tertiary/aromatic N) is 1. The number of benzene rings is 1. The average molecular weight is 460 g/mol. The van der Waals surface area contributed by atoms with E-state index in [0.717, 1.165) is 17.0 Å². The first-order valence-electron chi connectivity index (χ1n) is 11.1. The predicted molar refractivity (Wildman–Crippen MR) is 123 cm³/mol. The number of hydrogen-bond donors (Lipinski definition) is 4. The molecule has 0 aromatic heterocycles. The van der Waals surface area contributed by atoms with E-state index < -0.39 is 23.8 Å². The Kier molecular flexibility index (Phi) is 9.53. The van der Waals surface area contributed by atoms with Crippen LogP contribution in [0.2, 0.25) is 0 Å². The topological polar surface area (TPSA) is 137 Å². The second-order valence-corrected chi connectivity index (χ2v) is 8.52. The maximum Gasteiger partial charge on any atom is 0.243 e. The van der Waals surface area contributed by atoms with E-state index in [0.29, 0.717) is 5.69 Å². The third-order valence-electron chi connectivity index (χ3n) is 5.34. The van der Waals surface area contributed by atoms with Crippen molar-refractivity contribution in [2.75, 3.05) is 25.5 Å². The molecule has 2 atom stereocenters. The molecule has 33 heavy (non-hydrogen) atoms. The molecule has 1 heterocycles. The van der Waals surface area contributed by atoms with Crippen LogP contribution in [0.5, 0.6) is 0 Å². The molecule has 1 saturated heterocycles. The molecule has 1 aromatic rings. The Labute approximate surface area is 193 Å². The molecule has 2 rings (SSSR count). The van der Waals surface area contributed by atoms with Crippen molar-refractivity contribution in [2.45, 2.75) is 46.2 Å². The SMILES string of the molecule is CNCc1ccc(NC(=O)CNC(=O)C(NC(=O)CCN2C(=O)CC(C)C2=O)C(C)C)cc1. The zero-order valence-electron chi connectivity index (χ0n) is 19.6. The first-order chi connectivity index (χ1) is 15.6. The summed E-state index contributed by atoms with van der Waals surface area (Å²) in [5.74, 6) is -2.50. The van der Waals surface area contributed by atoms with Crippen LogP contribution in [0.25, 0.3) is 0 Å². The average Bonchev–Trinajstić information content (AvgIpc) is 3.01. The van der Waals surface area contributed by atoms with Gasteiger partial charge in [-0.1, -0.05) is 32.9 Å². The number of rotatable bonds is 11. The molecule has 180 valence electrons. The quantitative estimate of drug-likeness (QED) is 0.353. The lowest BCUT2D eigenvalue weighted by Gasteiger charge is -2.22. The fourth-order valence-corrected chi connectivity index (χ4v) is 3.47. The summed E-state index contributed by atoms with van der Waals surface area (Å²) in [4.78, 5) is 62.0. The van der Waals surface area contributed by atoms with Crippen molar-refractivity contribution >= 4 is 35.2 Å². The molecule has 0 bridgehead atoms. The molecule has 5 amide bonds. The summed E-state index contributed by atoms with van der Waals surface area (Å²) in [6, 6.07) is 6.48. The van der Waals surface area contributed by atoms with Gasteiger partial charge in [0.25, 0.3) is 0 Å². The van der Waals surface area contributed by atoms with E-state index in [9.17, 15) is 24.0 Å². The van der Waals surface area contributed by atoms with Gasteiger partial charge in [-0.15, -0.1) is 0 Å². The molecule has 0 radical (unpaired) electrons. The Balaban J connectivity index is 1.81. The van der Waals surface area contributed by atoms with Crippen LogP contribution >= 0.6 is 0 Å². The maximum atomic E-state index is 12.6. The molecule has 0 aliphatic carbocycles. The molecule has 10 nitrogen and oxygen atoms in total. The van der Waals surface area contributed by atoms with Gasteiger partial charge in [-0.2, -0.15) is 0 Å². The zero-order valence-corrected chi connectivity index (χ0v) is 19.6. The lowest BCUT2D eigenvalue weighted by atomic mass is 10.0. The third kappa shape index (κ3) is 7.67. The number of imide groups is 1. The highest BCUT2D eigenvalue weighted by atomic mass is 16.2. The third-order valence-corrected chi connectivity index (χ3v) is 5.34. The largest absolute Gasteiger partial charge is 0.345 e. The zero-order chi connectivity index (χ0) is 24.5. The molecule has 1 aromatic carbocycles. The Morgan fingerprint density at radius 2 is 1.76 bits per heavy atom. The molecule has 0 spiro atoms. The first-order valence-corrected chi connectivity index (χ1v) is 11.1. The normalized spacial score (nSPS) is 16.6. The van der Waals surface area contributed by atoms with E-state index in [1.165, 1.54) is 0 Å². The summed E-state index contributed by atoms with van der Waals surface area (Å²) in [6.07, 6.45) is 0.0599. The number of hydrogen-bond acceptors (Lipinski definition) is 6. The smallest absolute Gasteiger partial charge is 0.243 e. The van der Waals surface area contributed by atoms with Crippen molar-refractivity contribution in [1.29, 1.82) is 0 Å². The van der Waals surface area contributed by atoms with Crippen LogP contribution in [-0.2, 0) is 30.5 Å². The second-order valence-electron chi connectivity index (χ2n) is 8.52. The van der Waals surface area contributed by atoms with Crippen LogP contribution in [0.1, 0.15) is 39.2 Å². The highest BCUT2D eigenvalue weighted by molar-refractivity contribution is 6.03. The maximum absolute atomic E-state index is 12.6. The van der Waals surface area contributed by atoms with Crippen LogP contribution in [0.15, 0.2) is 24.3 Å². The number of nitrogens with one attached hydrogen (secondary N) is 4. The van der Waals surface area contributed by atoms with Crippen LogP contribution in [-0.4, -0.2) is 60.6 Å². The summed E-state index contributed by atoms with van der Waals surface area (Å²) in [6.45, 7) is 5.67. The summed E-state index contributed by atoms with van der Waals surface area (Å²) in [5.41, 5.74) is 1.69. The monoisotopic (exact) mass is 459 g/mol. The molecular weight excluding hydrogens is 426 g/mol. The van der Waals surface area contributed by atoms with Gasteiger partial charge in [0, 0.05) is 37.5 Å². The molecule has 1 aliphatic rings. The minimum atomic E-state index is -0.852. The van der Waals surface area contributed by atoms with E-state index in [2.05, 4.69) is 21.3 Å². The molecule has 1 aliphatic heterocycles. The number of anilines is 1. The highest BCUT2D eigenvalue weighted by Crippen LogP contribution is 2.18. The van der Waals surface area contributed by atoms with Crippen molar-refractivity contribution in [3.8, 4) is 0 Å². The van der Waals surface area contributed by atoms with Gasteiger partial charge in [-0.05, 0) is 30.7 Å². The van der Waals surface area contributed by atoms with Crippen LogP contribution in [0.3, 0.4) is 0 Å². The molecular formula is C23H33N5O5. The van der Waals surface area contributed by atoms with Crippen LogP contribution in [0, 0.1) is 11.8 Å². The first kappa shape index (κ1) is 26.0. The molecule has 4 N–H and O–H groups in total. The lowest BCUT2D eigenvalue weighted by molar-refractivity contribution is -0.140.